The minimum atomic E-state index is 0.824. The van der Waals surface area contributed by atoms with Crippen LogP contribution in [0.3, 0.4) is 0 Å². The molecule has 0 saturated carbocycles. The number of rotatable bonds is 4. The molecule has 0 N–H and O–H groups in total. The van der Waals surface area contributed by atoms with Crippen molar-refractivity contribution >= 4 is 27.7 Å². The zero-order valence-electron chi connectivity index (χ0n) is 8.80. The summed E-state index contributed by atoms with van der Waals surface area (Å²) in [5.74, 6) is 2.76. The Morgan fingerprint density at radius 1 is 1.38 bits per heavy atom. The quantitative estimate of drug-likeness (QED) is 0.870. The highest BCUT2D eigenvalue weighted by molar-refractivity contribution is 9.10. The summed E-state index contributed by atoms with van der Waals surface area (Å²) in [6, 6.07) is 7.91. The molecule has 0 saturated heterocycles. The Morgan fingerprint density at radius 3 is 2.94 bits per heavy atom. The van der Waals surface area contributed by atoms with E-state index in [1.165, 1.54) is 0 Å². The van der Waals surface area contributed by atoms with Gasteiger partial charge in [0.15, 0.2) is 5.82 Å². The Labute approximate surface area is 107 Å². The molecule has 84 valence electrons. The second kappa shape index (κ2) is 5.45. The molecule has 2 rings (SSSR count). The van der Waals surface area contributed by atoms with Crippen LogP contribution in [0.1, 0.15) is 12.7 Å². The van der Waals surface area contributed by atoms with Crippen molar-refractivity contribution in [2.45, 2.75) is 12.7 Å². The maximum Gasteiger partial charge on any atom is 0.166 e. The van der Waals surface area contributed by atoms with E-state index in [-0.39, 0.29) is 0 Å². The Kier molecular flexibility index (Phi) is 3.95. The van der Waals surface area contributed by atoms with E-state index in [1.807, 2.05) is 24.3 Å². The molecule has 0 radical (unpaired) electrons. The van der Waals surface area contributed by atoms with Crippen LogP contribution in [-0.4, -0.2) is 26.0 Å². The third-order valence-corrected chi connectivity index (χ3v) is 3.59. The molecule has 2 aromatic rings. The highest BCUT2D eigenvalue weighted by atomic mass is 79.9. The summed E-state index contributed by atoms with van der Waals surface area (Å²) in [5.41, 5.74) is 0.971. The van der Waals surface area contributed by atoms with Gasteiger partial charge in [0.25, 0.3) is 0 Å². The van der Waals surface area contributed by atoms with Crippen LogP contribution in [-0.2, 0) is 5.75 Å². The summed E-state index contributed by atoms with van der Waals surface area (Å²) in [6.07, 6.45) is 0. The Morgan fingerprint density at radius 2 is 2.19 bits per heavy atom. The zero-order chi connectivity index (χ0) is 11.4. The van der Waals surface area contributed by atoms with Gasteiger partial charge in [-0.25, -0.2) is 0 Å². The van der Waals surface area contributed by atoms with E-state index in [9.17, 15) is 0 Å². The number of benzene rings is 1. The van der Waals surface area contributed by atoms with Crippen LogP contribution < -0.4 is 0 Å². The summed E-state index contributed by atoms with van der Waals surface area (Å²) < 4.78 is 2.76. The molecule has 16 heavy (non-hydrogen) atoms. The summed E-state index contributed by atoms with van der Waals surface area (Å²) in [7, 11) is 0. The van der Waals surface area contributed by atoms with Crippen LogP contribution in [0.5, 0.6) is 0 Å². The first kappa shape index (κ1) is 11.6. The molecule has 0 atom stereocenters. The van der Waals surface area contributed by atoms with E-state index in [2.05, 4.69) is 38.4 Å². The molecular formula is C10H11BrN4S. The summed E-state index contributed by atoms with van der Waals surface area (Å²) in [5, 5.41) is 11.8. The number of nitrogens with zero attached hydrogens (tertiary/aromatic N) is 4. The smallest absolute Gasteiger partial charge is 0.166 e. The average Bonchev–Trinajstić information content (AvgIpc) is 2.75. The summed E-state index contributed by atoms with van der Waals surface area (Å²) >= 11 is 5.30. The monoisotopic (exact) mass is 298 g/mol. The first-order valence-corrected chi connectivity index (χ1v) is 6.87. The molecule has 1 heterocycles. The van der Waals surface area contributed by atoms with Gasteiger partial charge in [-0.3, -0.25) is 0 Å². The number of aromatic nitrogens is 4. The van der Waals surface area contributed by atoms with Crippen molar-refractivity contribution < 1.29 is 0 Å². The lowest BCUT2D eigenvalue weighted by atomic mass is 10.3. The SMILES string of the molecule is CCSCc1nnnn1-c1ccccc1Br. The van der Waals surface area contributed by atoms with E-state index < -0.39 is 0 Å². The predicted molar refractivity (Wildman–Crippen MR) is 68.7 cm³/mol. The fraction of sp³-hybridized carbons (Fsp3) is 0.300. The molecule has 4 nitrogen and oxygen atoms in total. The van der Waals surface area contributed by atoms with E-state index >= 15 is 0 Å². The minimum absolute atomic E-state index is 0.824. The van der Waals surface area contributed by atoms with Crippen molar-refractivity contribution in [3.63, 3.8) is 0 Å². The van der Waals surface area contributed by atoms with Crippen molar-refractivity contribution in [1.29, 1.82) is 0 Å². The van der Waals surface area contributed by atoms with Crippen LogP contribution in [0, 0.1) is 0 Å². The molecular weight excluding hydrogens is 288 g/mol. The molecule has 0 aliphatic heterocycles. The molecule has 0 spiro atoms. The van der Waals surface area contributed by atoms with Gasteiger partial charge < -0.3 is 0 Å². The van der Waals surface area contributed by atoms with E-state index in [1.54, 1.807) is 16.4 Å². The van der Waals surface area contributed by atoms with Gasteiger partial charge in [-0.15, -0.1) is 5.10 Å². The van der Waals surface area contributed by atoms with Crippen molar-refractivity contribution in [2.24, 2.45) is 0 Å². The van der Waals surface area contributed by atoms with Crippen LogP contribution >= 0.6 is 27.7 Å². The third-order valence-electron chi connectivity index (χ3n) is 2.05. The van der Waals surface area contributed by atoms with E-state index in [0.29, 0.717) is 0 Å². The summed E-state index contributed by atoms with van der Waals surface area (Å²) in [6.45, 7) is 2.12. The molecule has 0 unspecified atom stereocenters. The van der Waals surface area contributed by atoms with Crippen molar-refractivity contribution in [2.75, 3.05) is 5.75 Å². The average molecular weight is 299 g/mol. The predicted octanol–water partition coefficient (Wildman–Crippen LogP) is 2.68. The fourth-order valence-electron chi connectivity index (χ4n) is 1.30. The minimum Gasteiger partial charge on any atom is -0.195 e. The fourth-order valence-corrected chi connectivity index (χ4v) is 2.32. The number of tetrazole rings is 1. The number of hydrogen-bond donors (Lipinski definition) is 0. The van der Waals surface area contributed by atoms with Crippen molar-refractivity contribution in [3.8, 4) is 5.69 Å². The van der Waals surface area contributed by atoms with Gasteiger partial charge >= 0.3 is 0 Å². The Bertz CT molecular complexity index is 471. The molecule has 0 amide bonds. The van der Waals surface area contributed by atoms with Gasteiger partial charge in [-0.2, -0.15) is 16.4 Å². The molecule has 1 aromatic carbocycles. The van der Waals surface area contributed by atoms with Crippen molar-refractivity contribution in [3.05, 3.63) is 34.6 Å². The standard InChI is InChI=1S/C10H11BrN4S/c1-2-16-7-10-12-13-14-15(10)9-6-4-3-5-8(9)11/h3-6H,2,7H2,1H3. The molecule has 1 aromatic heterocycles. The normalized spacial score (nSPS) is 10.6. The van der Waals surface area contributed by atoms with Gasteiger partial charge in [0.05, 0.1) is 11.4 Å². The van der Waals surface area contributed by atoms with Gasteiger partial charge in [0, 0.05) is 4.47 Å². The topological polar surface area (TPSA) is 43.6 Å². The highest BCUT2D eigenvalue weighted by Crippen LogP contribution is 2.21. The lowest BCUT2D eigenvalue weighted by molar-refractivity contribution is 0.775. The third kappa shape index (κ3) is 2.44. The number of para-hydroxylation sites is 1. The van der Waals surface area contributed by atoms with Gasteiger partial charge in [0.2, 0.25) is 0 Å². The van der Waals surface area contributed by atoms with Crippen LogP contribution in [0.4, 0.5) is 0 Å². The molecule has 6 heteroatoms. The number of halogens is 1. The Balaban J connectivity index is 2.33. The second-order valence-corrected chi connectivity index (χ2v) is 5.22. The zero-order valence-corrected chi connectivity index (χ0v) is 11.2. The molecule has 0 bridgehead atoms. The molecule has 0 fully saturated rings. The maximum absolute atomic E-state index is 4.03. The van der Waals surface area contributed by atoms with E-state index in [4.69, 9.17) is 0 Å². The molecule has 0 aliphatic rings. The second-order valence-electron chi connectivity index (χ2n) is 3.10. The first-order chi connectivity index (χ1) is 7.83. The van der Waals surface area contributed by atoms with Gasteiger partial charge in [-0.05, 0) is 44.2 Å². The highest BCUT2D eigenvalue weighted by Gasteiger charge is 2.09. The summed E-state index contributed by atoms with van der Waals surface area (Å²) in [4.78, 5) is 0. The van der Waals surface area contributed by atoms with Crippen molar-refractivity contribution in [1.82, 2.24) is 20.2 Å². The molecule has 0 aliphatic carbocycles. The lowest BCUT2D eigenvalue weighted by Gasteiger charge is -2.05. The number of hydrogen-bond acceptors (Lipinski definition) is 4. The van der Waals surface area contributed by atoms with Gasteiger partial charge in [0.1, 0.15) is 0 Å². The van der Waals surface area contributed by atoms with E-state index in [0.717, 1.165) is 27.5 Å². The lowest BCUT2D eigenvalue weighted by Crippen LogP contribution is -2.03. The maximum atomic E-state index is 4.03. The van der Waals surface area contributed by atoms with Gasteiger partial charge in [-0.1, -0.05) is 19.1 Å². The first-order valence-electron chi connectivity index (χ1n) is 4.93. The number of thioether (sulfide) groups is 1. The van der Waals surface area contributed by atoms with Crippen LogP contribution in [0.25, 0.3) is 5.69 Å². The van der Waals surface area contributed by atoms with Crippen LogP contribution in [0.2, 0.25) is 0 Å². The van der Waals surface area contributed by atoms with Crippen LogP contribution in [0.15, 0.2) is 28.7 Å². The Hall–Kier alpha value is -0.880. The largest absolute Gasteiger partial charge is 0.195 e.